The molecule has 1 aliphatic heterocycles. The normalized spacial score (nSPS) is 14.4. The van der Waals surface area contributed by atoms with Crippen LogP contribution in [-0.4, -0.2) is 17.8 Å². The van der Waals surface area contributed by atoms with Gasteiger partial charge in [0.25, 0.3) is 0 Å². The average molecular weight is 383 g/mol. The van der Waals surface area contributed by atoms with E-state index in [0.29, 0.717) is 11.3 Å². The number of hydrogen-bond donors (Lipinski definition) is 0. The molecule has 0 aromatic heterocycles. The first-order valence-corrected chi connectivity index (χ1v) is 9.05. The molecule has 0 fully saturated rings. The van der Waals surface area contributed by atoms with Crippen molar-refractivity contribution in [1.82, 2.24) is 0 Å². The molecule has 0 saturated carbocycles. The zero-order valence-corrected chi connectivity index (χ0v) is 15.7. The summed E-state index contributed by atoms with van der Waals surface area (Å²) in [5.41, 5.74) is 3.25. The van der Waals surface area contributed by atoms with Gasteiger partial charge >= 0.3 is 11.9 Å². The van der Waals surface area contributed by atoms with Crippen LogP contribution in [0.5, 0.6) is 5.75 Å². The highest BCUT2D eigenvalue weighted by atomic mass is 16.6. The van der Waals surface area contributed by atoms with E-state index in [0.717, 1.165) is 16.7 Å². The lowest BCUT2D eigenvalue weighted by Crippen LogP contribution is -2.08. The largest absolute Gasteiger partial charge is 0.423 e. The highest BCUT2D eigenvalue weighted by Gasteiger charge is 2.23. The van der Waals surface area contributed by atoms with E-state index in [2.05, 4.69) is 4.99 Å². The molecule has 0 saturated heterocycles. The fraction of sp³-hybridized carbons (Fsp3) is 0.0417. The van der Waals surface area contributed by atoms with Crippen LogP contribution in [0.1, 0.15) is 27.0 Å². The van der Waals surface area contributed by atoms with Crippen molar-refractivity contribution in [3.63, 3.8) is 0 Å². The molecule has 0 spiro atoms. The minimum absolute atomic E-state index is 0.216. The Morgan fingerprint density at radius 2 is 1.62 bits per heavy atom. The standard InChI is InChI=1S/C24H17NO4/c1-16-7-11-19(12-8-16)23(26)28-20-13-9-17(10-14-20)15-21-24(27)29-22(25-21)18-5-3-2-4-6-18/h2-15H,1H3/b21-15-. The predicted molar refractivity (Wildman–Crippen MR) is 110 cm³/mol. The summed E-state index contributed by atoms with van der Waals surface area (Å²) in [5, 5.41) is 0. The van der Waals surface area contributed by atoms with Gasteiger partial charge in [-0.05, 0) is 55.0 Å². The summed E-state index contributed by atoms with van der Waals surface area (Å²) in [5.74, 6) is -0.225. The van der Waals surface area contributed by atoms with E-state index < -0.39 is 11.9 Å². The summed E-state index contributed by atoms with van der Waals surface area (Å²) in [6, 6.07) is 23.2. The molecule has 3 aromatic carbocycles. The van der Waals surface area contributed by atoms with Gasteiger partial charge in [0.15, 0.2) is 5.70 Å². The second-order valence-electron chi connectivity index (χ2n) is 6.53. The molecule has 5 nitrogen and oxygen atoms in total. The molecule has 0 N–H and O–H groups in total. The Labute approximate surface area is 167 Å². The van der Waals surface area contributed by atoms with E-state index in [9.17, 15) is 9.59 Å². The highest BCUT2D eigenvalue weighted by Crippen LogP contribution is 2.21. The van der Waals surface area contributed by atoms with Crippen LogP contribution >= 0.6 is 0 Å². The smallest absolute Gasteiger partial charge is 0.363 e. The molecule has 1 aliphatic rings. The maximum Gasteiger partial charge on any atom is 0.363 e. The van der Waals surface area contributed by atoms with Gasteiger partial charge in [-0.15, -0.1) is 0 Å². The lowest BCUT2D eigenvalue weighted by atomic mass is 10.1. The van der Waals surface area contributed by atoms with Crippen molar-refractivity contribution >= 4 is 23.9 Å². The second-order valence-corrected chi connectivity index (χ2v) is 6.53. The lowest BCUT2D eigenvalue weighted by Gasteiger charge is -2.05. The number of rotatable bonds is 4. The van der Waals surface area contributed by atoms with Crippen LogP contribution in [-0.2, 0) is 9.53 Å². The number of ether oxygens (including phenoxy) is 2. The molecule has 4 rings (SSSR count). The third kappa shape index (κ3) is 4.30. The summed E-state index contributed by atoms with van der Waals surface area (Å²) in [6.45, 7) is 1.95. The van der Waals surface area contributed by atoms with Crippen molar-refractivity contribution in [2.24, 2.45) is 4.99 Å². The van der Waals surface area contributed by atoms with Crippen LogP contribution in [0.3, 0.4) is 0 Å². The molecule has 1 heterocycles. The molecule has 0 bridgehead atoms. The number of aliphatic imine (C=N–C) groups is 1. The molecule has 0 amide bonds. The van der Waals surface area contributed by atoms with Gasteiger partial charge in [0, 0.05) is 5.56 Å². The van der Waals surface area contributed by atoms with Crippen LogP contribution in [0, 0.1) is 6.92 Å². The van der Waals surface area contributed by atoms with Crippen molar-refractivity contribution in [1.29, 1.82) is 0 Å². The molecular weight excluding hydrogens is 366 g/mol. The molecule has 3 aromatic rings. The van der Waals surface area contributed by atoms with Gasteiger partial charge in [-0.3, -0.25) is 0 Å². The fourth-order valence-electron chi connectivity index (χ4n) is 2.76. The monoisotopic (exact) mass is 383 g/mol. The van der Waals surface area contributed by atoms with E-state index in [1.165, 1.54) is 0 Å². The van der Waals surface area contributed by atoms with Gasteiger partial charge in [-0.2, -0.15) is 0 Å². The molecule has 0 radical (unpaired) electrons. The highest BCUT2D eigenvalue weighted by molar-refractivity contribution is 6.12. The van der Waals surface area contributed by atoms with Gasteiger partial charge in [0.1, 0.15) is 5.75 Å². The third-order valence-electron chi connectivity index (χ3n) is 4.32. The first-order chi connectivity index (χ1) is 14.1. The number of nitrogens with zero attached hydrogens (tertiary/aromatic N) is 1. The molecule has 0 aliphatic carbocycles. The Morgan fingerprint density at radius 1 is 0.931 bits per heavy atom. The third-order valence-corrected chi connectivity index (χ3v) is 4.32. The van der Waals surface area contributed by atoms with E-state index in [-0.39, 0.29) is 11.6 Å². The summed E-state index contributed by atoms with van der Waals surface area (Å²) >= 11 is 0. The molecular formula is C24H17NO4. The Bertz CT molecular complexity index is 1110. The average Bonchev–Trinajstić information content (AvgIpc) is 3.11. The number of benzene rings is 3. The Hall–Kier alpha value is -3.99. The van der Waals surface area contributed by atoms with Crippen molar-refractivity contribution in [3.05, 3.63) is 107 Å². The van der Waals surface area contributed by atoms with Crippen molar-refractivity contribution in [2.45, 2.75) is 6.92 Å². The summed E-state index contributed by atoms with van der Waals surface area (Å²) in [6.07, 6.45) is 1.63. The minimum Gasteiger partial charge on any atom is -0.423 e. The summed E-state index contributed by atoms with van der Waals surface area (Å²) in [7, 11) is 0. The van der Waals surface area contributed by atoms with Gasteiger partial charge < -0.3 is 9.47 Å². The predicted octanol–water partition coefficient (Wildman–Crippen LogP) is 4.56. The van der Waals surface area contributed by atoms with Gasteiger partial charge in [0.05, 0.1) is 5.56 Å². The SMILES string of the molecule is Cc1ccc(C(=O)Oc2ccc(/C=C3\N=C(c4ccccc4)OC3=O)cc2)cc1. The Balaban J connectivity index is 1.48. The Morgan fingerprint density at radius 3 is 2.31 bits per heavy atom. The zero-order chi connectivity index (χ0) is 20.2. The van der Waals surface area contributed by atoms with E-state index in [1.54, 1.807) is 42.5 Å². The van der Waals surface area contributed by atoms with Crippen LogP contribution in [0.2, 0.25) is 0 Å². The summed E-state index contributed by atoms with van der Waals surface area (Å²) < 4.78 is 10.6. The summed E-state index contributed by atoms with van der Waals surface area (Å²) in [4.78, 5) is 28.5. The topological polar surface area (TPSA) is 65.0 Å². The van der Waals surface area contributed by atoms with Crippen LogP contribution < -0.4 is 4.74 Å². The molecule has 5 heteroatoms. The van der Waals surface area contributed by atoms with Gasteiger partial charge in [-0.25, -0.2) is 14.6 Å². The van der Waals surface area contributed by atoms with Gasteiger partial charge in [-0.1, -0.05) is 48.0 Å². The number of cyclic esters (lactones) is 1. The van der Waals surface area contributed by atoms with Crippen LogP contribution in [0.25, 0.3) is 6.08 Å². The molecule has 0 unspecified atom stereocenters. The number of hydrogen-bond acceptors (Lipinski definition) is 5. The number of carbonyl (C=O) groups excluding carboxylic acids is 2. The maximum absolute atomic E-state index is 12.2. The second kappa shape index (κ2) is 7.94. The molecule has 0 atom stereocenters. The zero-order valence-electron chi connectivity index (χ0n) is 15.7. The quantitative estimate of drug-likeness (QED) is 0.376. The van der Waals surface area contributed by atoms with Crippen molar-refractivity contribution in [2.75, 3.05) is 0 Å². The van der Waals surface area contributed by atoms with Crippen LogP contribution in [0.15, 0.2) is 89.6 Å². The Kier molecular flexibility index (Phi) is 5.03. The van der Waals surface area contributed by atoms with Crippen LogP contribution in [0.4, 0.5) is 0 Å². The minimum atomic E-state index is -0.501. The number of carbonyl (C=O) groups is 2. The van der Waals surface area contributed by atoms with E-state index >= 15 is 0 Å². The van der Waals surface area contributed by atoms with Crippen molar-refractivity contribution < 1.29 is 19.1 Å². The van der Waals surface area contributed by atoms with Crippen molar-refractivity contribution in [3.8, 4) is 5.75 Å². The van der Waals surface area contributed by atoms with E-state index in [4.69, 9.17) is 9.47 Å². The fourth-order valence-corrected chi connectivity index (χ4v) is 2.76. The van der Waals surface area contributed by atoms with Gasteiger partial charge in [0.2, 0.25) is 5.90 Å². The first-order valence-electron chi connectivity index (χ1n) is 9.05. The first kappa shape index (κ1) is 18.4. The molecule has 29 heavy (non-hydrogen) atoms. The lowest BCUT2D eigenvalue weighted by molar-refractivity contribution is -0.129. The molecule has 142 valence electrons. The number of esters is 2. The maximum atomic E-state index is 12.2. The van der Waals surface area contributed by atoms with E-state index in [1.807, 2.05) is 49.4 Å². The number of aryl methyl sites for hydroxylation is 1.